The Balaban J connectivity index is 1.70. The summed E-state index contributed by atoms with van der Waals surface area (Å²) < 4.78 is 23.2. The van der Waals surface area contributed by atoms with Gasteiger partial charge in [0.2, 0.25) is 5.91 Å². The third kappa shape index (κ3) is 2.60. The Kier molecular flexibility index (Phi) is 3.36. The van der Waals surface area contributed by atoms with E-state index in [9.17, 15) is 13.2 Å². The molecule has 3 aliphatic rings. The molecule has 20 heavy (non-hydrogen) atoms. The average Bonchev–Trinajstić information content (AvgIpc) is 2.97. The van der Waals surface area contributed by atoms with Crippen molar-refractivity contribution in [3.05, 3.63) is 0 Å². The van der Waals surface area contributed by atoms with Gasteiger partial charge in [0.1, 0.15) is 0 Å². The number of hydrogen-bond acceptors (Lipinski definition) is 4. The van der Waals surface area contributed by atoms with E-state index in [4.69, 9.17) is 0 Å². The molecule has 0 aromatic rings. The van der Waals surface area contributed by atoms with Crippen LogP contribution in [-0.4, -0.2) is 49.0 Å². The Bertz CT molecular complexity index is 511. The van der Waals surface area contributed by atoms with E-state index in [0.717, 1.165) is 19.3 Å². The van der Waals surface area contributed by atoms with Crippen LogP contribution in [0.4, 0.5) is 0 Å². The van der Waals surface area contributed by atoms with Crippen LogP contribution in [0, 0.1) is 11.8 Å². The average molecular weight is 300 g/mol. The molecule has 114 valence electrons. The molecule has 0 aromatic carbocycles. The first-order valence-corrected chi connectivity index (χ1v) is 9.43. The predicted molar refractivity (Wildman–Crippen MR) is 76.8 cm³/mol. The van der Waals surface area contributed by atoms with Crippen molar-refractivity contribution in [1.29, 1.82) is 0 Å². The Hall–Kier alpha value is -0.620. The summed E-state index contributed by atoms with van der Waals surface area (Å²) >= 11 is 0. The molecular weight excluding hydrogens is 276 g/mol. The molecule has 1 saturated carbocycles. The summed E-state index contributed by atoms with van der Waals surface area (Å²) in [6.45, 7) is 4.91. The van der Waals surface area contributed by atoms with Crippen molar-refractivity contribution in [3.8, 4) is 0 Å². The lowest BCUT2D eigenvalue weighted by molar-refractivity contribution is -0.131. The molecule has 6 heteroatoms. The van der Waals surface area contributed by atoms with Gasteiger partial charge in [-0.15, -0.1) is 0 Å². The smallest absolute Gasteiger partial charge is 0.244 e. The number of amides is 1. The highest BCUT2D eigenvalue weighted by Crippen LogP contribution is 2.43. The van der Waals surface area contributed by atoms with E-state index in [1.54, 1.807) is 0 Å². The summed E-state index contributed by atoms with van der Waals surface area (Å²) in [4.78, 5) is 14.5. The van der Waals surface area contributed by atoms with Crippen molar-refractivity contribution in [1.82, 2.24) is 10.2 Å². The highest BCUT2D eigenvalue weighted by atomic mass is 32.2. The van der Waals surface area contributed by atoms with Crippen LogP contribution < -0.4 is 5.32 Å². The van der Waals surface area contributed by atoms with E-state index >= 15 is 0 Å². The van der Waals surface area contributed by atoms with Crippen LogP contribution in [0.25, 0.3) is 0 Å². The summed E-state index contributed by atoms with van der Waals surface area (Å²) in [6, 6.07) is 0. The number of sulfone groups is 1. The molecule has 1 aliphatic carbocycles. The molecule has 2 atom stereocenters. The number of rotatable bonds is 4. The van der Waals surface area contributed by atoms with Crippen molar-refractivity contribution < 1.29 is 13.2 Å². The Labute approximate surface area is 121 Å². The lowest BCUT2D eigenvalue weighted by Gasteiger charge is -2.27. The minimum Gasteiger partial charge on any atom is -0.325 e. The fraction of sp³-hybridized carbons (Fsp3) is 0.929. The summed E-state index contributed by atoms with van der Waals surface area (Å²) in [6.07, 6.45) is 3.59. The molecule has 2 saturated heterocycles. The van der Waals surface area contributed by atoms with Crippen molar-refractivity contribution in [2.24, 2.45) is 11.8 Å². The fourth-order valence-electron chi connectivity index (χ4n) is 3.50. The highest BCUT2D eigenvalue weighted by molar-refractivity contribution is 7.91. The fourth-order valence-corrected chi connectivity index (χ4v) is 5.34. The Morgan fingerprint density at radius 3 is 2.60 bits per heavy atom. The minimum absolute atomic E-state index is 0.0910. The molecular formula is C14H24N2O3S. The first kappa shape index (κ1) is 14.3. The summed E-state index contributed by atoms with van der Waals surface area (Å²) in [5.41, 5.74) is -0.295. The maximum atomic E-state index is 12.5. The second-order valence-corrected chi connectivity index (χ2v) is 9.33. The zero-order chi connectivity index (χ0) is 14.5. The van der Waals surface area contributed by atoms with Crippen molar-refractivity contribution in [3.63, 3.8) is 0 Å². The van der Waals surface area contributed by atoms with Gasteiger partial charge >= 0.3 is 0 Å². The van der Waals surface area contributed by atoms with Crippen molar-refractivity contribution in [2.45, 2.75) is 51.2 Å². The van der Waals surface area contributed by atoms with Crippen LogP contribution in [0.1, 0.15) is 39.5 Å². The molecule has 0 aromatic heterocycles. The zero-order valence-corrected chi connectivity index (χ0v) is 13.1. The van der Waals surface area contributed by atoms with Crippen LogP contribution in [0.3, 0.4) is 0 Å². The predicted octanol–water partition coefficient (Wildman–Crippen LogP) is 0.758. The van der Waals surface area contributed by atoms with Crippen LogP contribution in [0.5, 0.6) is 0 Å². The van der Waals surface area contributed by atoms with Gasteiger partial charge in [-0.1, -0.05) is 13.8 Å². The molecule has 0 radical (unpaired) electrons. The highest BCUT2D eigenvalue weighted by Gasteiger charge is 2.59. The van der Waals surface area contributed by atoms with E-state index in [1.165, 1.54) is 0 Å². The third-order valence-corrected chi connectivity index (χ3v) is 6.55. The summed E-state index contributed by atoms with van der Waals surface area (Å²) in [5.74, 6) is 1.37. The Morgan fingerprint density at radius 2 is 2.10 bits per heavy atom. The van der Waals surface area contributed by atoms with Gasteiger partial charge < -0.3 is 4.90 Å². The van der Waals surface area contributed by atoms with Gasteiger partial charge in [-0.25, -0.2) is 8.42 Å². The summed E-state index contributed by atoms with van der Waals surface area (Å²) in [5, 5.41) is 3.49. The second-order valence-electron chi connectivity index (χ2n) is 7.10. The molecule has 5 nitrogen and oxygen atoms in total. The SMILES string of the molecule is CC(C)CC1NC2(CC2)C(=O)N1CC1CCS(=O)(=O)C1. The van der Waals surface area contributed by atoms with Gasteiger partial charge in [0.15, 0.2) is 9.84 Å². The number of nitrogens with zero attached hydrogens (tertiary/aromatic N) is 1. The van der Waals surface area contributed by atoms with Crippen molar-refractivity contribution in [2.75, 3.05) is 18.1 Å². The van der Waals surface area contributed by atoms with E-state index in [-0.39, 0.29) is 35.0 Å². The van der Waals surface area contributed by atoms with Gasteiger partial charge in [-0.3, -0.25) is 10.1 Å². The molecule has 3 rings (SSSR count). The zero-order valence-electron chi connectivity index (χ0n) is 12.3. The second kappa shape index (κ2) is 4.70. The first-order valence-electron chi connectivity index (χ1n) is 7.60. The van der Waals surface area contributed by atoms with Gasteiger partial charge in [0.05, 0.1) is 23.2 Å². The van der Waals surface area contributed by atoms with Crippen LogP contribution in [-0.2, 0) is 14.6 Å². The molecule has 1 N–H and O–H groups in total. The van der Waals surface area contributed by atoms with Gasteiger partial charge in [-0.05, 0) is 37.5 Å². The first-order chi connectivity index (χ1) is 9.31. The molecule has 2 aliphatic heterocycles. The van der Waals surface area contributed by atoms with E-state index < -0.39 is 9.84 Å². The van der Waals surface area contributed by atoms with E-state index in [1.807, 2.05) is 4.90 Å². The molecule has 0 bridgehead atoms. The van der Waals surface area contributed by atoms with Crippen LogP contribution >= 0.6 is 0 Å². The minimum atomic E-state index is -2.87. The topological polar surface area (TPSA) is 66.5 Å². The largest absolute Gasteiger partial charge is 0.325 e. The molecule has 1 amide bonds. The Morgan fingerprint density at radius 1 is 1.40 bits per heavy atom. The monoisotopic (exact) mass is 300 g/mol. The van der Waals surface area contributed by atoms with Crippen molar-refractivity contribution >= 4 is 15.7 Å². The lowest BCUT2D eigenvalue weighted by Crippen LogP contribution is -2.41. The number of carbonyl (C=O) groups is 1. The third-order valence-electron chi connectivity index (χ3n) is 4.72. The molecule has 2 heterocycles. The van der Waals surface area contributed by atoms with Gasteiger partial charge in [0.25, 0.3) is 0 Å². The number of hydrogen-bond donors (Lipinski definition) is 1. The molecule has 1 spiro atoms. The molecule has 2 unspecified atom stereocenters. The number of nitrogens with one attached hydrogen (secondary N) is 1. The van der Waals surface area contributed by atoms with Gasteiger partial charge in [-0.2, -0.15) is 0 Å². The van der Waals surface area contributed by atoms with E-state index in [0.29, 0.717) is 18.9 Å². The number of carbonyl (C=O) groups excluding carboxylic acids is 1. The maximum absolute atomic E-state index is 12.5. The summed E-state index contributed by atoms with van der Waals surface area (Å²) in [7, 11) is -2.87. The maximum Gasteiger partial charge on any atom is 0.244 e. The van der Waals surface area contributed by atoms with Crippen LogP contribution in [0.15, 0.2) is 0 Å². The molecule has 3 fully saturated rings. The quantitative estimate of drug-likeness (QED) is 0.832. The van der Waals surface area contributed by atoms with Gasteiger partial charge in [0, 0.05) is 6.54 Å². The van der Waals surface area contributed by atoms with E-state index in [2.05, 4.69) is 19.2 Å². The normalized spacial score (nSPS) is 34.4. The standard InChI is InChI=1S/C14H24N2O3S/c1-10(2)7-12-15-14(4-5-14)13(17)16(12)8-11-3-6-20(18,19)9-11/h10-12,15H,3-9H2,1-2H3. The lowest BCUT2D eigenvalue weighted by atomic mass is 10.1. The van der Waals surface area contributed by atoms with Crippen LogP contribution in [0.2, 0.25) is 0 Å².